The van der Waals surface area contributed by atoms with Gasteiger partial charge in [-0.15, -0.1) is 0 Å². The van der Waals surface area contributed by atoms with Gasteiger partial charge in [0, 0.05) is 41.8 Å². The first-order valence-electron chi connectivity index (χ1n) is 9.27. The third-order valence-electron chi connectivity index (χ3n) is 4.92. The summed E-state index contributed by atoms with van der Waals surface area (Å²) in [5.74, 6) is -0.136. The maximum atomic E-state index is 12.8. The second-order valence-corrected chi connectivity index (χ2v) is 8.08. The van der Waals surface area contributed by atoms with Crippen LogP contribution in [0.3, 0.4) is 0 Å². The number of para-hydroxylation sites is 1. The van der Waals surface area contributed by atoms with Gasteiger partial charge in [0.2, 0.25) is 0 Å². The number of hydrogen-bond acceptors (Lipinski definition) is 4. The molecule has 30 heavy (non-hydrogen) atoms. The molecule has 1 saturated heterocycles. The Balaban J connectivity index is 1.50. The Kier molecular flexibility index (Phi) is 5.99. The summed E-state index contributed by atoms with van der Waals surface area (Å²) in [6.07, 6.45) is 1.59. The molecule has 0 radical (unpaired) electrons. The summed E-state index contributed by atoms with van der Waals surface area (Å²) in [7, 11) is 0. The fourth-order valence-corrected chi connectivity index (χ4v) is 4.18. The van der Waals surface area contributed by atoms with Crippen molar-refractivity contribution in [1.29, 1.82) is 0 Å². The number of nitrogens with zero attached hydrogens (tertiary/aromatic N) is 4. The molecule has 0 unspecified atom stereocenters. The average Bonchev–Trinajstić information content (AvgIpc) is 2.75. The number of carbonyl (C=O) groups is 1. The molecule has 0 spiro atoms. The van der Waals surface area contributed by atoms with E-state index in [-0.39, 0.29) is 16.5 Å². The van der Waals surface area contributed by atoms with Gasteiger partial charge < -0.3 is 9.80 Å². The number of piperazine rings is 1. The highest BCUT2D eigenvalue weighted by Gasteiger charge is 2.25. The van der Waals surface area contributed by atoms with Crippen LogP contribution in [0.2, 0.25) is 15.1 Å². The van der Waals surface area contributed by atoms with Crippen molar-refractivity contribution in [1.82, 2.24) is 14.7 Å². The van der Waals surface area contributed by atoms with E-state index in [0.29, 0.717) is 53.2 Å². The summed E-state index contributed by atoms with van der Waals surface area (Å²) in [5.41, 5.74) is 1.27. The molecule has 1 amide bonds. The van der Waals surface area contributed by atoms with Crippen LogP contribution in [0.25, 0.3) is 5.69 Å². The molecular formula is C21H17Cl3N4O2. The number of anilines is 1. The van der Waals surface area contributed by atoms with Crippen molar-refractivity contribution in [3.63, 3.8) is 0 Å². The van der Waals surface area contributed by atoms with Crippen LogP contribution < -0.4 is 10.5 Å². The topological polar surface area (TPSA) is 58.4 Å². The molecule has 9 heteroatoms. The number of hydrogen-bond donors (Lipinski definition) is 0. The molecule has 4 rings (SSSR count). The standard InChI is InChI=1S/C21H17Cl3N4O2/c22-15-10-14(11-16(23)12-15)20(29)27-8-6-26(7-9-27)18-13-25-28(21(30)19(18)24)17-4-2-1-3-5-17/h1-5,10-13H,6-9H2. The lowest BCUT2D eigenvalue weighted by molar-refractivity contribution is 0.0747. The van der Waals surface area contributed by atoms with E-state index in [9.17, 15) is 9.59 Å². The number of rotatable bonds is 3. The minimum atomic E-state index is -0.382. The molecule has 0 aliphatic carbocycles. The van der Waals surface area contributed by atoms with E-state index in [1.54, 1.807) is 41.4 Å². The molecule has 0 saturated carbocycles. The largest absolute Gasteiger partial charge is 0.365 e. The summed E-state index contributed by atoms with van der Waals surface area (Å²) >= 11 is 18.4. The molecule has 2 heterocycles. The van der Waals surface area contributed by atoms with Crippen molar-refractivity contribution in [3.05, 3.63) is 85.7 Å². The van der Waals surface area contributed by atoms with Gasteiger partial charge in [-0.2, -0.15) is 9.78 Å². The van der Waals surface area contributed by atoms with Crippen LogP contribution in [0.4, 0.5) is 5.69 Å². The lowest BCUT2D eigenvalue weighted by Crippen LogP contribution is -2.49. The Labute approximate surface area is 188 Å². The lowest BCUT2D eigenvalue weighted by atomic mass is 10.1. The van der Waals surface area contributed by atoms with Crippen LogP contribution in [0.15, 0.2) is 59.5 Å². The normalized spacial score (nSPS) is 14.1. The highest BCUT2D eigenvalue weighted by atomic mass is 35.5. The summed E-state index contributed by atoms with van der Waals surface area (Å²) in [4.78, 5) is 29.2. The van der Waals surface area contributed by atoms with Gasteiger partial charge in [0.15, 0.2) is 0 Å². The molecule has 1 aliphatic rings. The first-order chi connectivity index (χ1) is 14.4. The fraction of sp³-hybridized carbons (Fsp3) is 0.190. The molecule has 3 aromatic rings. The quantitative estimate of drug-likeness (QED) is 0.585. The first kappa shape index (κ1) is 20.7. The number of amides is 1. The van der Waals surface area contributed by atoms with Gasteiger partial charge in [0.25, 0.3) is 11.5 Å². The first-order valence-corrected chi connectivity index (χ1v) is 10.4. The molecule has 154 valence electrons. The molecule has 6 nitrogen and oxygen atoms in total. The summed E-state index contributed by atoms with van der Waals surface area (Å²) in [6.45, 7) is 1.99. The molecule has 1 aliphatic heterocycles. The summed E-state index contributed by atoms with van der Waals surface area (Å²) in [6, 6.07) is 13.9. The van der Waals surface area contributed by atoms with Crippen LogP contribution in [-0.2, 0) is 0 Å². The Morgan fingerprint density at radius 1 is 0.900 bits per heavy atom. The molecule has 0 atom stereocenters. The smallest absolute Gasteiger partial charge is 0.292 e. The summed E-state index contributed by atoms with van der Waals surface area (Å²) in [5, 5.41) is 5.22. The lowest BCUT2D eigenvalue weighted by Gasteiger charge is -2.36. The maximum absolute atomic E-state index is 12.8. The van der Waals surface area contributed by atoms with Gasteiger partial charge in [-0.1, -0.05) is 53.0 Å². The second kappa shape index (κ2) is 8.68. The van der Waals surface area contributed by atoms with Gasteiger partial charge >= 0.3 is 0 Å². The molecule has 1 fully saturated rings. The van der Waals surface area contributed by atoms with Crippen LogP contribution in [0, 0.1) is 0 Å². The number of aromatic nitrogens is 2. The van der Waals surface area contributed by atoms with Crippen molar-refractivity contribution in [2.45, 2.75) is 0 Å². The number of halogens is 3. The van der Waals surface area contributed by atoms with E-state index in [4.69, 9.17) is 34.8 Å². The zero-order chi connectivity index (χ0) is 21.3. The third kappa shape index (κ3) is 4.17. The van der Waals surface area contributed by atoms with Crippen molar-refractivity contribution >= 4 is 46.4 Å². The number of benzene rings is 2. The van der Waals surface area contributed by atoms with Gasteiger partial charge in [-0.05, 0) is 30.3 Å². The van der Waals surface area contributed by atoms with Gasteiger partial charge in [-0.25, -0.2) is 0 Å². The second-order valence-electron chi connectivity index (χ2n) is 6.83. The Bertz CT molecular complexity index is 1120. The predicted octanol–water partition coefficient (Wildman–Crippen LogP) is 4.16. The van der Waals surface area contributed by atoms with Crippen molar-refractivity contribution in [3.8, 4) is 5.69 Å². The maximum Gasteiger partial charge on any atom is 0.292 e. The third-order valence-corrected chi connectivity index (χ3v) is 5.71. The zero-order valence-corrected chi connectivity index (χ0v) is 18.0. The van der Waals surface area contributed by atoms with Crippen molar-refractivity contribution in [2.24, 2.45) is 0 Å². The minimum absolute atomic E-state index is 0.107. The van der Waals surface area contributed by atoms with Crippen LogP contribution in [-0.4, -0.2) is 46.8 Å². The van der Waals surface area contributed by atoms with Crippen LogP contribution >= 0.6 is 34.8 Å². The van der Waals surface area contributed by atoms with E-state index < -0.39 is 0 Å². The molecular weight excluding hydrogens is 447 g/mol. The predicted molar refractivity (Wildman–Crippen MR) is 119 cm³/mol. The van der Waals surface area contributed by atoms with Crippen LogP contribution in [0.1, 0.15) is 10.4 Å². The van der Waals surface area contributed by atoms with Crippen LogP contribution in [0.5, 0.6) is 0 Å². The average molecular weight is 464 g/mol. The zero-order valence-electron chi connectivity index (χ0n) is 15.8. The fourth-order valence-electron chi connectivity index (χ4n) is 3.41. The highest BCUT2D eigenvalue weighted by Crippen LogP contribution is 2.24. The Morgan fingerprint density at radius 3 is 2.17 bits per heavy atom. The van der Waals surface area contributed by atoms with Gasteiger partial charge in [0.05, 0.1) is 17.6 Å². The van der Waals surface area contributed by atoms with E-state index in [1.165, 1.54) is 4.68 Å². The number of carbonyl (C=O) groups excluding carboxylic acids is 1. The molecule has 0 bridgehead atoms. The Morgan fingerprint density at radius 2 is 1.53 bits per heavy atom. The summed E-state index contributed by atoms with van der Waals surface area (Å²) < 4.78 is 1.27. The van der Waals surface area contributed by atoms with E-state index >= 15 is 0 Å². The van der Waals surface area contributed by atoms with Gasteiger partial charge in [-0.3, -0.25) is 9.59 Å². The van der Waals surface area contributed by atoms with Crippen molar-refractivity contribution < 1.29 is 4.79 Å². The van der Waals surface area contributed by atoms with E-state index in [1.807, 2.05) is 23.1 Å². The Hall–Kier alpha value is -2.54. The molecule has 1 aromatic heterocycles. The SMILES string of the molecule is O=C(c1cc(Cl)cc(Cl)c1)N1CCN(c2cnn(-c3ccccc3)c(=O)c2Cl)CC1. The van der Waals surface area contributed by atoms with E-state index in [0.717, 1.165) is 0 Å². The van der Waals surface area contributed by atoms with Gasteiger partial charge in [0.1, 0.15) is 5.02 Å². The van der Waals surface area contributed by atoms with E-state index in [2.05, 4.69) is 5.10 Å². The minimum Gasteiger partial charge on any atom is -0.365 e. The van der Waals surface area contributed by atoms with Crippen molar-refractivity contribution in [2.75, 3.05) is 31.1 Å². The monoisotopic (exact) mass is 462 g/mol. The molecule has 2 aromatic carbocycles. The molecule has 0 N–H and O–H groups in total. The highest BCUT2D eigenvalue weighted by molar-refractivity contribution is 6.35.